The number of nitrogens with one attached hydrogen (secondary N) is 1. The van der Waals surface area contributed by atoms with Crippen molar-refractivity contribution in [2.45, 2.75) is 25.3 Å². The molecule has 0 radical (unpaired) electrons. The zero-order valence-corrected chi connectivity index (χ0v) is 15.4. The number of nitrogens with zero attached hydrogens (tertiary/aromatic N) is 1. The molecular weight excluding hydrogens is 332 g/mol. The van der Waals surface area contributed by atoms with Gasteiger partial charge in [0.15, 0.2) is 0 Å². The van der Waals surface area contributed by atoms with Gasteiger partial charge >= 0.3 is 5.97 Å². The second-order valence-corrected chi connectivity index (χ2v) is 6.30. The lowest BCUT2D eigenvalue weighted by atomic mass is 10.0. The van der Waals surface area contributed by atoms with Crippen LogP contribution in [-0.2, 0) is 16.1 Å². The minimum Gasteiger partial charge on any atom is -0.496 e. The van der Waals surface area contributed by atoms with E-state index in [0.29, 0.717) is 12.5 Å². The average Bonchev–Trinajstić information content (AvgIpc) is 3.51. The number of esters is 1. The van der Waals surface area contributed by atoms with Gasteiger partial charge in [-0.05, 0) is 48.6 Å². The predicted octanol–water partition coefficient (Wildman–Crippen LogP) is 2.91. The fourth-order valence-corrected chi connectivity index (χ4v) is 2.98. The van der Waals surface area contributed by atoms with E-state index >= 15 is 0 Å². The smallest absolute Gasteiger partial charge is 0.319 e. The third-order valence-electron chi connectivity index (χ3n) is 4.48. The Kier molecular flexibility index (Phi) is 5.73. The van der Waals surface area contributed by atoms with Crippen LogP contribution < -0.4 is 14.8 Å². The first-order valence-electron chi connectivity index (χ1n) is 8.65. The largest absolute Gasteiger partial charge is 0.496 e. The maximum Gasteiger partial charge on any atom is 0.319 e. The number of aromatic nitrogens is 1. The topological polar surface area (TPSA) is 69.7 Å². The van der Waals surface area contributed by atoms with Crippen LogP contribution in [0.1, 0.15) is 29.9 Å². The van der Waals surface area contributed by atoms with E-state index in [9.17, 15) is 4.79 Å². The molecule has 3 rings (SSSR count). The van der Waals surface area contributed by atoms with Crippen LogP contribution in [0, 0.1) is 0 Å². The van der Waals surface area contributed by atoms with Crippen LogP contribution in [0.5, 0.6) is 11.5 Å². The Morgan fingerprint density at radius 3 is 2.42 bits per heavy atom. The highest BCUT2D eigenvalue weighted by Crippen LogP contribution is 2.50. The summed E-state index contributed by atoms with van der Waals surface area (Å²) in [6.45, 7) is 0.727. The van der Waals surface area contributed by atoms with E-state index in [4.69, 9.17) is 9.47 Å². The van der Waals surface area contributed by atoms with Gasteiger partial charge in [0, 0.05) is 23.9 Å². The molecule has 1 fully saturated rings. The molecule has 138 valence electrons. The highest BCUT2D eigenvalue weighted by atomic mass is 16.5. The summed E-state index contributed by atoms with van der Waals surface area (Å²) in [5.41, 5.74) is 3.96. The first-order chi connectivity index (χ1) is 12.7. The van der Waals surface area contributed by atoms with Crippen molar-refractivity contribution in [1.82, 2.24) is 10.3 Å². The summed E-state index contributed by atoms with van der Waals surface area (Å²) in [6.07, 6.45) is 4.11. The Labute approximate surface area is 153 Å². The molecule has 1 aliphatic rings. The number of carbonyl (C=O) groups is 1. The minimum atomic E-state index is -0.288. The van der Waals surface area contributed by atoms with Crippen LogP contribution in [-0.4, -0.2) is 38.8 Å². The first kappa shape index (κ1) is 18.2. The van der Waals surface area contributed by atoms with Crippen molar-refractivity contribution in [2.24, 2.45) is 0 Å². The van der Waals surface area contributed by atoms with Crippen LogP contribution in [0.2, 0.25) is 0 Å². The van der Waals surface area contributed by atoms with Crippen molar-refractivity contribution in [3.63, 3.8) is 0 Å². The van der Waals surface area contributed by atoms with E-state index in [1.807, 2.05) is 24.3 Å². The van der Waals surface area contributed by atoms with Crippen molar-refractivity contribution in [1.29, 1.82) is 0 Å². The maximum absolute atomic E-state index is 11.2. The third-order valence-corrected chi connectivity index (χ3v) is 4.48. The van der Waals surface area contributed by atoms with Crippen molar-refractivity contribution >= 4 is 5.97 Å². The summed E-state index contributed by atoms with van der Waals surface area (Å²) >= 11 is 0. The quantitative estimate of drug-likeness (QED) is 0.734. The zero-order valence-electron chi connectivity index (χ0n) is 15.4. The van der Waals surface area contributed by atoms with Gasteiger partial charge in [0.2, 0.25) is 0 Å². The summed E-state index contributed by atoms with van der Waals surface area (Å²) in [7, 11) is 4.75. The molecule has 1 aromatic carbocycles. The van der Waals surface area contributed by atoms with Gasteiger partial charge in [0.25, 0.3) is 0 Å². The lowest BCUT2D eigenvalue weighted by Crippen LogP contribution is -2.23. The van der Waals surface area contributed by atoms with Gasteiger partial charge in [0.1, 0.15) is 11.5 Å². The van der Waals surface area contributed by atoms with Crippen molar-refractivity contribution in [2.75, 3.05) is 27.9 Å². The van der Waals surface area contributed by atoms with E-state index in [2.05, 4.69) is 15.0 Å². The van der Waals surface area contributed by atoms with Gasteiger partial charge in [-0.15, -0.1) is 0 Å². The molecule has 1 aliphatic carbocycles. The molecular formula is C20H24N2O4. The van der Waals surface area contributed by atoms with Crippen molar-refractivity contribution in [3.05, 3.63) is 41.6 Å². The van der Waals surface area contributed by atoms with Gasteiger partial charge in [-0.1, -0.05) is 0 Å². The molecule has 1 N–H and O–H groups in total. The fraction of sp³-hybridized carbons (Fsp3) is 0.400. The van der Waals surface area contributed by atoms with E-state index in [1.165, 1.54) is 20.0 Å². The molecule has 1 heterocycles. The molecule has 0 saturated heterocycles. The molecule has 0 aliphatic heterocycles. The van der Waals surface area contributed by atoms with Gasteiger partial charge in [-0.3, -0.25) is 9.78 Å². The van der Waals surface area contributed by atoms with Gasteiger partial charge in [-0.25, -0.2) is 0 Å². The van der Waals surface area contributed by atoms with E-state index in [0.717, 1.165) is 33.9 Å². The molecule has 0 spiro atoms. The van der Waals surface area contributed by atoms with E-state index in [1.54, 1.807) is 20.4 Å². The summed E-state index contributed by atoms with van der Waals surface area (Å²) in [4.78, 5) is 15.7. The monoisotopic (exact) mass is 356 g/mol. The highest BCUT2D eigenvalue weighted by molar-refractivity contribution is 5.71. The molecule has 0 amide bonds. The summed E-state index contributed by atoms with van der Waals surface area (Å²) in [5.74, 6) is 1.93. The van der Waals surface area contributed by atoms with Crippen molar-refractivity contribution < 1.29 is 19.0 Å². The summed E-state index contributed by atoms with van der Waals surface area (Å²) in [6, 6.07) is 7.95. The number of hydrogen-bond acceptors (Lipinski definition) is 6. The number of pyridine rings is 1. The van der Waals surface area contributed by atoms with Crippen molar-refractivity contribution in [3.8, 4) is 22.8 Å². The average molecular weight is 356 g/mol. The van der Waals surface area contributed by atoms with Gasteiger partial charge < -0.3 is 19.5 Å². The lowest BCUT2D eigenvalue weighted by Gasteiger charge is -2.15. The SMILES string of the molecule is COC(=O)CNCc1ccnc(-c2cc(OC)c(C3CC3)c(OC)c2)c1. The maximum atomic E-state index is 11.2. The van der Waals surface area contributed by atoms with Gasteiger partial charge in [0.05, 0.1) is 33.6 Å². The van der Waals surface area contributed by atoms with Crippen LogP contribution in [0.15, 0.2) is 30.5 Å². The number of rotatable bonds is 8. The Bertz CT molecular complexity index is 762. The standard InChI is InChI=1S/C20H24N2O4/c1-24-17-9-15(10-18(25-2)20(17)14-4-5-14)16-8-13(6-7-22-16)11-21-12-19(23)26-3/h6-10,14,21H,4-5,11-12H2,1-3H3. The first-order valence-corrected chi connectivity index (χ1v) is 8.65. The Hall–Kier alpha value is -2.60. The Balaban J connectivity index is 1.84. The Morgan fingerprint density at radius 1 is 1.15 bits per heavy atom. The predicted molar refractivity (Wildman–Crippen MR) is 98.5 cm³/mol. The molecule has 0 bridgehead atoms. The summed E-state index contributed by atoms with van der Waals surface area (Å²) < 4.78 is 15.9. The molecule has 0 atom stereocenters. The molecule has 6 heteroatoms. The molecule has 26 heavy (non-hydrogen) atoms. The fourth-order valence-electron chi connectivity index (χ4n) is 2.98. The second-order valence-electron chi connectivity index (χ2n) is 6.30. The summed E-state index contributed by atoms with van der Waals surface area (Å²) in [5, 5.41) is 3.06. The van der Waals surface area contributed by atoms with E-state index in [-0.39, 0.29) is 12.5 Å². The number of methoxy groups -OCH3 is 3. The molecule has 2 aromatic rings. The van der Waals surface area contributed by atoms with Crippen LogP contribution in [0.4, 0.5) is 0 Å². The lowest BCUT2D eigenvalue weighted by molar-refractivity contribution is -0.139. The van der Waals surface area contributed by atoms with Crippen LogP contribution >= 0.6 is 0 Å². The van der Waals surface area contributed by atoms with Crippen LogP contribution in [0.25, 0.3) is 11.3 Å². The van der Waals surface area contributed by atoms with Crippen LogP contribution in [0.3, 0.4) is 0 Å². The van der Waals surface area contributed by atoms with Gasteiger partial charge in [-0.2, -0.15) is 0 Å². The number of hydrogen-bond donors (Lipinski definition) is 1. The third kappa shape index (κ3) is 4.14. The number of benzene rings is 1. The number of ether oxygens (including phenoxy) is 3. The minimum absolute atomic E-state index is 0.173. The normalized spacial score (nSPS) is 13.3. The van der Waals surface area contributed by atoms with E-state index < -0.39 is 0 Å². The molecule has 1 saturated carbocycles. The number of carbonyl (C=O) groups excluding carboxylic acids is 1. The second kappa shape index (κ2) is 8.19. The highest BCUT2D eigenvalue weighted by Gasteiger charge is 2.30. The Morgan fingerprint density at radius 2 is 1.85 bits per heavy atom. The molecule has 0 unspecified atom stereocenters. The molecule has 1 aromatic heterocycles. The zero-order chi connectivity index (χ0) is 18.5. The molecule has 6 nitrogen and oxygen atoms in total.